The van der Waals surface area contributed by atoms with E-state index in [9.17, 15) is 9.59 Å². The number of hydrogen-bond donors (Lipinski definition) is 1. The molecule has 0 aliphatic rings. The summed E-state index contributed by atoms with van der Waals surface area (Å²) in [6.45, 7) is 7.42. The lowest BCUT2D eigenvalue weighted by molar-refractivity contribution is -0.120. The van der Waals surface area contributed by atoms with Crippen LogP contribution >= 0.6 is 0 Å². The summed E-state index contributed by atoms with van der Waals surface area (Å²) >= 11 is 0. The molecule has 0 saturated heterocycles. The first-order valence-corrected chi connectivity index (χ1v) is 10.3. The SMILES string of the molecule is COCc1ccccc1-c1ccc2nc(NC(=O)[C@@H](C)N(C)C(=O)OC(C)(C)C)nn2c1. The van der Waals surface area contributed by atoms with E-state index >= 15 is 0 Å². The highest BCUT2D eigenvalue weighted by molar-refractivity contribution is 5.95. The van der Waals surface area contributed by atoms with Crippen LogP contribution in [0.15, 0.2) is 42.6 Å². The van der Waals surface area contributed by atoms with Crippen molar-refractivity contribution < 1.29 is 19.1 Å². The third-order valence-corrected chi connectivity index (χ3v) is 4.84. The van der Waals surface area contributed by atoms with E-state index in [0.29, 0.717) is 12.3 Å². The summed E-state index contributed by atoms with van der Waals surface area (Å²) in [6.07, 6.45) is 1.27. The van der Waals surface area contributed by atoms with Gasteiger partial charge in [-0.1, -0.05) is 24.3 Å². The van der Waals surface area contributed by atoms with E-state index in [1.165, 1.54) is 11.9 Å². The van der Waals surface area contributed by atoms with Crippen LogP contribution in [0.2, 0.25) is 0 Å². The molecule has 0 spiro atoms. The molecule has 0 radical (unpaired) electrons. The second kappa shape index (κ2) is 9.35. The Bertz CT molecular complexity index is 1120. The van der Waals surface area contributed by atoms with Crippen molar-refractivity contribution in [3.05, 3.63) is 48.2 Å². The topological polar surface area (TPSA) is 98.1 Å². The maximum absolute atomic E-state index is 12.6. The van der Waals surface area contributed by atoms with Crippen LogP contribution < -0.4 is 5.32 Å². The minimum absolute atomic E-state index is 0.154. The number of aromatic nitrogens is 3. The first kappa shape index (κ1) is 23.2. The number of fused-ring (bicyclic) bond motifs is 1. The van der Waals surface area contributed by atoms with E-state index in [-0.39, 0.29) is 5.95 Å². The Kier molecular flexibility index (Phi) is 6.78. The Morgan fingerprint density at radius 2 is 1.91 bits per heavy atom. The largest absolute Gasteiger partial charge is 0.444 e. The molecule has 0 aliphatic heterocycles. The van der Waals surface area contributed by atoms with Crippen molar-refractivity contribution in [2.45, 2.75) is 45.9 Å². The lowest BCUT2D eigenvalue weighted by Crippen LogP contribution is -2.45. The second-order valence-corrected chi connectivity index (χ2v) is 8.50. The summed E-state index contributed by atoms with van der Waals surface area (Å²) in [7, 11) is 3.17. The van der Waals surface area contributed by atoms with Gasteiger partial charge in [0.25, 0.3) is 0 Å². The van der Waals surface area contributed by atoms with Crippen LogP contribution in [-0.4, -0.2) is 57.3 Å². The van der Waals surface area contributed by atoms with Gasteiger partial charge in [-0.3, -0.25) is 15.0 Å². The normalized spacial score (nSPS) is 12.4. The summed E-state index contributed by atoms with van der Waals surface area (Å²) in [5, 5.41) is 7.04. The Hall–Kier alpha value is -3.46. The molecule has 9 heteroatoms. The summed E-state index contributed by atoms with van der Waals surface area (Å²) in [5.41, 5.74) is 2.98. The average molecular weight is 440 g/mol. The number of anilines is 1. The molecule has 1 N–H and O–H groups in total. The van der Waals surface area contributed by atoms with Gasteiger partial charge >= 0.3 is 6.09 Å². The molecule has 9 nitrogen and oxygen atoms in total. The highest BCUT2D eigenvalue weighted by Gasteiger charge is 2.27. The van der Waals surface area contributed by atoms with Crippen molar-refractivity contribution in [1.29, 1.82) is 0 Å². The third-order valence-electron chi connectivity index (χ3n) is 4.84. The Morgan fingerprint density at radius 1 is 1.19 bits per heavy atom. The predicted octanol–water partition coefficient (Wildman–Crippen LogP) is 3.74. The fourth-order valence-corrected chi connectivity index (χ4v) is 3.06. The molecule has 1 aromatic carbocycles. The average Bonchev–Trinajstić information content (AvgIpc) is 3.13. The molecule has 0 bridgehead atoms. The van der Waals surface area contributed by atoms with Gasteiger partial charge in [-0.2, -0.15) is 4.98 Å². The maximum Gasteiger partial charge on any atom is 0.410 e. The number of nitrogens with one attached hydrogen (secondary N) is 1. The van der Waals surface area contributed by atoms with Gasteiger partial charge in [0.2, 0.25) is 11.9 Å². The number of hydrogen-bond acceptors (Lipinski definition) is 6. The highest BCUT2D eigenvalue weighted by atomic mass is 16.6. The standard InChI is InChI=1S/C23H29N5O4/c1-15(27(5)22(30)32-23(2,3)4)20(29)25-21-24-19-12-11-16(13-28(19)26-21)18-10-8-7-9-17(18)14-31-6/h7-13,15H,14H2,1-6H3,(H,25,26,29)/t15-/m1/s1. The fourth-order valence-electron chi connectivity index (χ4n) is 3.06. The molecular formula is C23H29N5O4. The third kappa shape index (κ3) is 5.42. The van der Waals surface area contributed by atoms with Crippen molar-refractivity contribution >= 4 is 23.6 Å². The van der Waals surface area contributed by atoms with E-state index in [4.69, 9.17) is 9.47 Å². The number of nitrogens with zero attached hydrogens (tertiary/aromatic N) is 4. The van der Waals surface area contributed by atoms with Crippen molar-refractivity contribution in [1.82, 2.24) is 19.5 Å². The number of carbonyl (C=O) groups excluding carboxylic acids is 2. The molecule has 3 rings (SSSR count). The van der Waals surface area contributed by atoms with E-state index in [2.05, 4.69) is 15.4 Å². The number of carbonyl (C=O) groups is 2. The molecule has 0 unspecified atom stereocenters. The van der Waals surface area contributed by atoms with E-state index < -0.39 is 23.6 Å². The first-order chi connectivity index (χ1) is 15.1. The zero-order valence-corrected chi connectivity index (χ0v) is 19.2. The van der Waals surface area contributed by atoms with Gasteiger partial charge in [0.1, 0.15) is 11.6 Å². The van der Waals surface area contributed by atoms with E-state index in [1.807, 2.05) is 42.6 Å². The number of amides is 2. The van der Waals surface area contributed by atoms with Crippen LogP contribution in [-0.2, 0) is 20.9 Å². The predicted molar refractivity (Wildman–Crippen MR) is 121 cm³/mol. The first-order valence-electron chi connectivity index (χ1n) is 10.3. The monoisotopic (exact) mass is 439 g/mol. The fraction of sp³-hybridized carbons (Fsp3) is 0.391. The molecular weight excluding hydrogens is 410 g/mol. The summed E-state index contributed by atoms with van der Waals surface area (Å²) in [6, 6.07) is 11.0. The molecule has 0 fully saturated rings. The maximum atomic E-state index is 12.6. The number of pyridine rings is 1. The minimum Gasteiger partial charge on any atom is -0.444 e. The Balaban J connectivity index is 1.76. The van der Waals surface area contributed by atoms with Crippen LogP contribution in [0.5, 0.6) is 0 Å². The van der Waals surface area contributed by atoms with Gasteiger partial charge in [-0.05, 0) is 51.0 Å². The van der Waals surface area contributed by atoms with Crippen LogP contribution in [0.4, 0.5) is 10.7 Å². The van der Waals surface area contributed by atoms with Crippen LogP contribution in [0.1, 0.15) is 33.3 Å². The number of rotatable bonds is 6. The number of likely N-dealkylation sites (N-methyl/N-ethyl adjacent to an activating group) is 1. The van der Waals surface area contributed by atoms with Crippen LogP contribution in [0.25, 0.3) is 16.8 Å². The molecule has 2 aromatic heterocycles. The second-order valence-electron chi connectivity index (χ2n) is 8.50. The smallest absolute Gasteiger partial charge is 0.410 e. The van der Waals surface area contributed by atoms with Crippen molar-refractivity contribution in [3.8, 4) is 11.1 Å². The molecule has 2 amide bonds. The van der Waals surface area contributed by atoms with Gasteiger partial charge < -0.3 is 9.47 Å². The van der Waals surface area contributed by atoms with Gasteiger partial charge in [-0.15, -0.1) is 5.10 Å². The minimum atomic E-state index is -0.770. The van der Waals surface area contributed by atoms with E-state index in [1.54, 1.807) is 39.3 Å². The number of ether oxygens (including phenoxy) is 2. The Morgan fingerprint density at radius 3 is 2.59 bits per heavy atom. The van der Waals surface area contributed by atoms with Gasteiger partial charge in [0, 0.05) is 25.9 Å². The van der Waals surface area contributed by atoms with Crippen LogP contribution in [0, 0.1) is 0 Å². The van der Waals surface area contributed by atoms with Gasteiger partial charge in [0.05, 0.1) is 6.61 Å². The van der Waals surface area contributed by atoms with Crippen molar-refractivity contribution in [3.63, 3.8) is 0 Å². The highest BCUT2D eigenvalue weighted by Crippen LogP contribution is 2.25. The van der Waals surface area contributed by atoms with E-state index in [0.717, 1.165) is 16.7 Å². The number of benzene rings is 1. The molecule has 1 atom stereocenters. The number of methoxy groups -OCH3 is 1. The van der Waals surface area contributed by atoms with Gasteiger partial charge in [-0.25, -0.2) is 9.31 Å². The van der Waals surface area contributed by atoms with Crippen molar-refractivity contribution in [2.75, 3.05) is 19.5 Å². The summed E-state index contributed by atoms with van der Waals surface area (Å²) < 4.78 is 12.2. The molecule has 0 saturated carbocycles. The van der Waals surface area contributed by atoms with Gasteiger partial charge in [0.15, 0.2) is 5.65 Å². The van der Waals surface area contributed by atoms with Crippen LogP contribution in [0.3, 0.4) is 0 Å². The molecule has 32 heavy (non-hydrogen) atoms. The Labute approximate surface area is 187 Å². The zero-order chi connectivity index (χ0) is 23.5. The lowest BCUT2D eigenvalue weighted by atomic mass is 10.0. The summed E-state index contributed by atoms with van der Waals surface area (Å²) in [5.74, 6) is -0.262. The molecule has 3 aromatic rings. The molecule has 170 valence electrons. The van der Waals surface area contributed by atoms with Crippen molar-refractivity contribution in [2.24, 2.45) is 0 Å². The zero-order valence-electron chi connectivity index (χ0n) is 19.2. The lowest BCUT2D eigenvalue weighted by Gasteiger charge is -2.27. The molecule has 2 heterocycles. The molecule has 0 aliphatic carbocycles. The quantitative estimate of drug-likeness (QED) is 0.628. The summed E-state index contributed by atoms with van der Waals surface area (Å²) in [4.78, 5) is 30.5.